The highest BCUT2D eigenvalue weighted by atomic mass is 19.1. The number of allylic oxidation sites excluding steroid dienone is 1. The number of rotatable bonds is 5. The third-order valence-corrected chi connectivity index (χ3v) is 4.67. The Kier molecular flexibility index (Phi) is 5.73. The number of carbonyl (C=O) groups is 1. The summed E-state index contributed by atoms with van der Waals surface area (Å²) in [5, 5.41) is 2.33. The number of halogens is 2. The van der Waals surface area contributed by atoms with Crippen molar-refractivity contribution >= 4 is 17.8 Å². The summed E-state index contributed by atoms with van der Waals surface area (Å²) >= 11 is 0. The van der Waals surface area contributed by atoms with Crippen molar-refractivity contribution in [3.63, 3.8) is 0 Å². The average Bonchev–Trinajstić information content (AvgIpc) is 2.94. The Balaban J connectivity index is 1.77. The molecule has 0 unspecified atom stereocenters. The quantitative estimate of drug-likeness (QED) is 0.722. The first-order chi connectivity index (χ1) is 14.1. The summed E-state index contributed by atoms with van der Waals surface area (Å²) in [5.74, 6) is -2.03. The molecule has 0 spiro atoms. The lowest BCUT2D eigenvalue weighted by Crippen LogP contribution is -2.25. The number of carbonyl (C=O) groups excluding carboxylic acids is 1. The van der Waals surface area contributed by atoms with Crippen LogP contribution in [0.25, 0.3) is 5.70 Å². The normalized spacial score (nSPS) is 15.0. The second kappa shape index (κ2) is 8.10. The summed E-state index contributed by atoms with van der Waals surface area (Å²) in [5.41, 5.74) is 8.12. The van der Waals surface area contributed by atoms with E-state index in [4.69, 9.17) is 10.5 Å². The maximum Gasteiger partial charge on any atom is 0.261 e. The maximum absolute atomic E-state index is 13.7. The molecule has 2 aromatic carbocycles. The number of aryl methyl sites for hydroxylation is 1. The number of amides is 1. The summed E-state index contributed by atoms with van der Waals surface area (Å²) < 4.78 is 33.4. The van der Waals surface area contributed by atoms with Crippen molar-refractivity contribution in [2.45, 2.75) is 32.8 Å². The van der Waals surface area contributed by atoms with Gasteiger partial charge in [0.25, 0.3) is 5.91 Å². The predicted molar refractivity (Wildman–Crippen MR) is 113 cm³/mol. The van der Waals surface area contributed by atoms with Crippen LogP contribution in [0, 0.1) is 18.6 Å². The summed E-state index contributed by atoms with van der Waals surface area (Å²) in [6.45, 7) is 9.62. The van der Waals surface area contributed by atoms with Gasteiger partial charge in [-0.1, -0.05) is 12.6 Å². The summed E-state index contributed by atoms with van der Waals surface area (Å²) in [6.07, 6.45) is 3.38. The van der Waals surface area contributed by atoms with Gasteiger partial charge in [-0.3, -0.25) is 9.79 Å². The van der Waals surface area contributed by atoms with Crippen molar-refractivity contribution in [3.8, 4) is 5.75 Å². The molecule has 0 fully saturated rings. The maximum atomic E-state index is 13.7. The Hall–Kier alpha value is -3.48. The van der Waals surface area contributed by atoms with E-state index in [2.05, 4.69) is 16.9 Å². The summed E-state index contributed by atoms with van der Waals surface area (Å²) in [6, 6.07) is 7.11. The molecule has 0 saturated heterocycles. The van der Waals surface area contributed by atoms with E-state index in [1.54, 1.807) is 0 Å². The second-order valence-electron chi connectivity index (χ2n) is 7.70. The molecular formula is C23H23F2N3O2. The van der Waals surface area contributed by atoms with E-state index in [0.717, 1.165) is 41.0 Å². The molecule has 0 radical (unpaired) electrons. The Labute approximate surface area is 174 Å². The monoisotopic (exact) mass is 411 g/mol. The fraction of sp³-hybridized carbons (Fsp3) is 0.217. The SMILES string of the molecule is C=C(/C=N\C(=C/N)c1cc2c(cc1C)OC(C)(C)C2)NC(=O)c1c(F)cccc1F. The standard InChI is InChI=1S/C23H23F2N3O2/c1-13-8-20-15(10-23(3,4)30-20)9-16(13)19(11-26)27-12-14(2)28-22(29)21-17(24)6-5-7-18(21)25/h5-9,11-12H,2,10,26H2,1,3-4H3,(H,28,29)/b19-11-,27-12-. The Morgan fingerprint density at radius 1 is 1.30 bits per heavy atom. The fourth-order valence-corrected chi connectivity index (χ4v) is 3.33. The van der Waals surface area contributed by atoms with E-state index in [1.807, 2.05) is 32.9 Å². The van der Waals surface area contributed by atoms with Crippen LogP contribution in [0.15, 0.2) is 53.8 Å². The van der Waals surface area contributed by atoms with Gasteiger partial charge < -0.3 is 15.8 Å². The van der Waals surface area contributed by atoms with Crippen molar-refractivity contribution in [1.82, 2.24) is 5.32 Å². The van der Waals surface area contributed by atoms with Crippen molar-refractivity contribution in [3.05, 3.63) is 82.7 Å². The number of hydrogen-bond acceptors (Lipinski definition) is 4. The van der Waals surface area contributed by atoms with Crippen LogP contribution >= 0.6 is 0 Å². The molecule has 5 nitrogen and oxygen atoms in total. The molecule has 1 heterocycles. The minimum atomic E-state index is -0.960. The van der Waals surface area contributed by atoms with Gasteiger partial charge in [0.1, 0.15) is 28.5 Å². The van der Waals surface area contributed by atoms with Gasteiger partial charge in [-0.2, -0.15) is 0 Å². The largest absolute Gasteiger partial charge is 0.487 e. The number of ether oxygens (including phenoxy) is 1. The lowest BCUT2D eigenvalue weighted by Gasteiger charge is -2.16. The number of nitrogens with one attached hydrogen (secondary N) is 1. The second-order valence-corrected chi connectivity index (χ2v) is 7.70. The van der Waals surface area contributed by atoms with E-state index < -0.39 is 23.1 Å². The van der Waals surface area contributed by atoms with Crippen LogP contribution in [-0.2, 0) is 6.42 Å². The highest BCUT2D eigenvalue weighted by Crippen LogP contribution is 2.38. The molecule has 0 saturated carbocycles. The number of nitrogens with two attached hydrogens (primary N) is 1. The molecule has 0 bridgehead atoms. The molecule has 0 aromatic heterocycles. The molecule has 30 heavy (non-hydrogen) atoms. The zero-order valence-corrected chi connectivity index (χ0v) is 17.1. The van der Waals surface area contributed by atoms with Gasteiger partial charge in [0.2, 0.25) is 0 Å². The first-order valence-electron chi connectivity index (χ1n) is 9.34. The highest BCUT2D eigenvalue weighted by molar-refractivity contribution is 5.99. The number of nitrogens with zero attached hydrogens (tertiary/aromatic N) is 1. The Morgan fingerprint density at radius 3 is 2.60 bits per heavy atom. The topological polar surface area (TPSA) is 76.7 Å². The summed E-state index contributed by atoms with van der Waals surface area (Å²) in [7, 11) is 0. The van der Waals surface area contributed by atoms with Gasteiger partial charge in [0.15, 0.2) is 0 Å². The van der Waals surface area contributed by atoms with Gasteiger partial charge in [0.05, 0.1) is 17.6 Å². The van der Waals surface area contributed by atoms with Crippen molar-refractivity contribution in [2.75, 3.05) is 0 Å². The number of benzene rings is 2. The van der Waals surface area contributed by atoms with Gasteiger partial charge in [-0.15, -0.1) is 0 Å². The van der Waals surface area contributed by atoms with E-state index in [1.165, 1.54) is 18.5 Å². The summed E-state index contributed by atoms with van der Waals surface area (Å²) in [4.78, 5) is 16.5. The first-order valence-corrected chi connectivity index (χ1v) is 9.34. The average molecular weight is 411 g/mol. The van der Waals surface area contributed by atoms with Gasteiger partial charge in [-0.05, 0) is 56.2 Å². The zero-order chi connectivity index (χ0) is 22.1. The van der Waals surface area contributed by atoms with Crippen molar-refractivity contribution in [2.24, 2.45) is 10.7 Å². The van der Waals surface area contributed by atoms with Gasteiger partial charge in [0, 0.05) is 18.2 Å². The molecular weight excluding hydrogens is 388 g/mol. The third-order valence-electron chi connectivity index (χ3n) is 4.67. The van der Waals surface area contributed by atoms with E-state index in [9.17, 15) is 13.6 Å². The van der Waals surface area contributed by atoms with Crippen LogP contribution in [0.3, 0.4) is 0 Å². The lowest BCUT2D eigenvalue weighted by atomic mass is 9.97. The van der Waals surface area contributed by atoms with Crippen molar-refractivity contribution < 1.29 is 18.3 Å². The van der Waals surface area contributed by atoms with E-state index >= 15 is 0 Å². The fourth-order valence-electron chi connectivity index (χ4n) is 3.33. The minimum absolute atomic E-state index is 0.0604. The van der Waals surface area contributed by atoms with E-state index in [-0.39, 0.29) is 11.3 Å². The van der Waals surface area contributed by atoms with Crippen LogP contribution in [0.5, 0.6) is 5.75 Å². The first kappa shape index (κ1) is 21.2. The molecule has 2 aromatic rings. The molecule has 156 valence electrons. The predicted octanol–water partition coefficient (Wildman–Crippen LogP) is 4.26. The number of hydrogen-bond donors (Lipinski definition) is 2. The lowest BCUT2D eigenvalue weighted by molar-refractivity contribution is 0.0960. The molecule has 1 amide bonds. The van der Waals surface area contributed by atoms with Gasteiger partial charge in [-0.25, -0.2) is 8.78 Å². The van der Waals surface area contributed by atoms with Crippen LogP contribution in [0.2, 0.25) is 0 Å². The third kappa shape index (κ3) is 4.40. The number of aliphatic imine (C=N–C) groups is 1. The molecule has 0 atom stereocenters. The molecule has 1 aliphatic rings. The van der Waals surface area contributed by atoms with Gasteiger partial charge >= 0.3 is 0 Å². The van der Waals surface area contributed by atoms with Crippen molar-refractivity contribution in [1.29, 1.82) is 0 Å². The molecule has 3 rings (SSSR count). The minimum Gasteiger partial charge on any atom is -0.487 e. The van der Waals surface area contributed by atoms with Crippen LogP contribution in [0.1, 0.15) is 40.9 Å². The molecule has 7 heteroatoms. The van der Waals surface area contributed by atoms with Crippen LogP contribution < -0.4 is 15.8 Å². The Bertz CT molecular complexity index is 1070. The Morgan fingerprint density at radius 2 is 1.97 bits per heavy atom. The molecule has 0 aliphatic carbocycles. The van der Waals surface area contributed by atoms with E-state index in [0.29, 0.717) is 5.70 Å². The van der Waals surface area contributed by atoms with Crippen LogP contribution in [0.4, 0.5) is 8.78 Å². The highest BCUT2D eigenvalue weighted by Gasteiger charge is 2.30. The molecule has 3 N–H and O–H groups in total. The molecule has 1 aliphatic heterocycles. The zero-order valence-electron chi connectivity index (χ0n) is 17.1. The number of fused-ring (bicyclic) bond motifs is 1. The smallest absolute Gasteiger partial charge is 0.261 e. The van der Waals surface area contributed by atoms with Crippen LogP contribution in [-0.4, -0.2) is 17.7 Å².